The lowest BCUT2D eigenvalue weighted by molar-refractivity contribution is 0.386. The molecular weight excluding hydrogens is 350 g/mol. The third kappa shape index (κ3) is 3.04. The Hall–Kier alpha value is -2.52. The predicted octanol–water partition coefficient (Wildman–Crippen LogP) is 3.12. The van der Waals surface area contributed by atoms with Gasteiger partial charge in [0.15, 0.2) is 5.75 Å². The minimum absolute atomic E-state index is 0.375. The van der Waals surface area contributed by atoms with Crippen molar-refractivity contribution in [1.29, 1.82) is 5.26 Å². The van der Waals surface area contributed by atoms with E-state index in [0.717, 1.165) is 44.1 Å². The summed E-state index contributed by atoms with van der Waals surface area (Å²) in [7, 11) is 1.61. The highest BCUT2D eigenvalue weighted by Gasteiger charge is 2.39. The van der Waals surface area contributed by atoms with Gasteiger partial charge in [0.2, 0.25) is 5.95 Å². The molecule has 4 rings (SSSR count). The van der Waals surface area contributed by atoms with E-state index in [0.29, 0.717) is 28.3 Å². The molecule has 3 heterocycles. The molecule has 0 N–H and O–H groups in total. The van der Waals surface area contributed by atoms with E-state index in [1.54, 1.807) is 25.6 Å². The number of hydrogen-bond acceptors (Lipinski definition) is 6. The molecule has 2 aromatic rings. The van der Waals surface area contributed by atoms with Crippen molar-refractivity contribution >= 4 is 23.2 Å². The van der Waals surface area contributed by atoms with Gasteiger partial charge in [-0.3, -0.25) is 0 Å². The summed E-state index contributed by atoms with van der Waals surface area (Å²) in [6.45, 7) is 2.81. The number of methoxy groups -OCH3 is 1. The fraction of sp³-hybridized carbons (Fsp3) is 0.421. The highest BCUT2D eigenvalue weighted by molar-refractivity contribution is 6.33. The zero-order valence-corrected chi connectivity index (χ0v) is 15.4. The molecule has 1 aromatic heterocycles. The summed E-state index contributed by atoms with van der Waals surface area (Å²) in [4.78, 5) is 13.5. The predicted molar refractivity (Wildman–Crippen MR) is 101 cm³/mol. The quantitative estimate of drug-likeness (QED) is 0.828. The number of rotatable bonds is 3. The zero-order valence-electron chi connectivity index (χ0n) is 14.6. The van der Waals surface area contributed by atoms with Crippen LogP contribution in [0.4, 0.5) is 11.6 Å². The second-order valence-corrected chi connectivity index (χ2v) is 7.15. The molecule has 0 radical (unpaired) electrons. The third-order valence-electron chi connectivity index (χ3n) is 5.38. The van der Waals surface area contributed by atoms with Gasteiger partial charge < -0.3 is 14.5 Å². The fourth-order valence-electron chi connectivity index (χ4n) is 4.01. The Labute approximate surface area is 158 Å². The van der Waals surface area contributed by atoms with Gasteiger partial charge in [-0.1, -0.05) is 11.6 Å². The minimum atomic E-state index is 0.375. The maximum Gasteiger partial charge on any atom is 0.225 e. The average Bonchev–Trinajstić information content (AvgIpc) is 3.11. The summed E-state index contributed by atoms with van der Waals surface area (Å²) >= 11 is 6.46. The number of hydrogen-bond donors (Lipinski definition) is 0. The number of anilines is 2. The van der Waals surface area contributed by atoms with Crippen LogP contribution in [0.5, 0.6) is 5.75 Å². The number of benzene rings is 1. The first-order valence-electron chi connectivity index (χ1n) is 8.77. The molecule has 6 nitrogen and oxygen atoms in total. The number of fused-ring (bicyclic) bond motifs is 1. The Bertz CT molecular complexity index is 835. The van der Waals surface area contributed by atoms with Gasteiger partial charge in [-0.25, -0.2) is 9.97 Å². The van der Waals surface area contributed by atoms with Crippen molar-refractivity contribution in [1.82, 2.24) is 9.97 Å². The Morgan fingerprint density at radius 3 is 2.69 bits per heavy atom. The average molecular weight is 370 g/mol. The molecule has 134 valence electrons. The van der Waals surface area contributed by atoms with Crippen LogP contribution in [0.2, 0.25) is 5.02 Å². The summed E-state index contributed by atoms with van der Waals surface area (Å²) in [5, 5.41) is 9.69. The SMILES string of the molecule is COc1cnc(N2CCC3CCN(c4ccc(C#N)cc4Cl)C3C2)nc1. The van der Waals surface area contributed by atoms with Crippen molar-refractivity contribution in [2.75, 3.05) is 36.5 Å². The molecule has 1 aromatic carbocycles. The molecule has 2 aliphatic heterocycles. The van der Waals surface area contributed by atoms with Crippen molar-refractivity contribution in [3.63, 3.8) is 0 Å². The number of nitriles is 1. The third-order valence-corrected chi connectivity index (χ3v) is 5.68. The first-order valence-corrected chi connectivity index (χ1v) is 9.14. The molecule has 2 atom stereocenters. The van der Waals surface area contributed by atoms with Crippen LogP contribution >= 0.6 is 11.6 Å². The van der Waals surface area contributed by atoms with Crippen LogP contribution in [0.15, 0.2) is 30.6 Å². The van der Waals surface area contributed by atoms with Gasteiger partial charge in [-0.05, 0) is 37.0 Å². The molecule has 0 amide bonds. The molecule has 0 aliphatic carbocycles. The van der Waals surface area contributed by atoms with E-state index in [-0.39, 0.29) is 0 Å². The lowest BCUT2D eigenvalue weighted by Crippen LogP contribution is -2.49. The van der Waals surface area contributed by atoms with E-state index in [1.807, 2.05) is 12.1 Å². The van der Waals surface area contributed by atoms with E-state index in [2.05, 4.69) is 25.8 Å². The molecular formula is C19H20ClN5O. The van der Waals surface area contributed by atoms with Crippen LogP contribution in [-0.2, 0) is 0 Å². The number of halogens is 1. The Balaban J connectivity index is 1.56. The van der Waals surface area contributed by atoms with E-state index >= 15 is 0 Å². The van der Waals surface area contributed by atoms with E-state index in [4.69, 9.17) is 21.6 Å². The van der Waals surface area contributed by atoms with Crippen LogP contribution in [0.25, 0.3) is 0 Å². The Kier molecular flexibility index (Phi) is 4.56. The maximum atomic E-state index is 9.05. The Morgan fingerprint density at radius 2 is 2.00 bits per heavy atom. The molecule has 2 unspecified atom stereocenters. The van der Waals surface area contributed by atoms with E-state index < -0.39 is 0 Å². The van der Waals surface area contributed by atoms with Crippen LogP contribution in [0.3, 0.4) is 0 Å². The second-order valence-electron chi connectivity index (χ2n) is 6.75. The lowest BCUT2D eigenvalue weighted by Gasteiger charge is -2.39. The summed E-state index contributed by atoms with van der Waals surface area (Å²) in [6, 6.07) is 8.06. The number of nitrogens with zero attached hydrogens (tertiary/aromatic N) is 5. The van der Waals surface area contributed by atoms with Gasteiger partial charge in [0.25, 0.3) is 0 Å². The zero-order chi connectivity index (χ0) is 18.1. The number of ether oxygens (including phenoxy) is 1. The first-order chi connectivity index (χ1) is 12.7. The second kappa shape index (κ2) is 7.00. The summed E-state index contributed by atoms with van der Waals surface area (Å²) in [5.74, 6) is 2.05. The van der Waals surface area contributed by atoms with Crippen molar-refractivity contribution in [3.05, 3.63) is 41.2 Å². The molecule has 0 bridgehead atoms. The van der Waals surface area contributed by atoms with Gasteiger partial charge in [-0.15, -0.1) is 0 Å². The monoisotopic (exact) mass is 369 g/mol. The van der Waals surface area contributed by atoms with Gasteiger partial charge in [-0.2, -0.15) is 5.26 Å². The number of piperidine rings is 1. The van der Waals surface area contributed by atoms with E-state index in [1.165, 1.54) is 0 Å². The largest absolute Gasteiger partial charge is 0.494 e. The molecule has 26 heavy (non-hydrogen) atoms. The van der Waals surface area contributed by atoms with Gasteiger partial charge in [0, 0.05) is 25.7 Å². The minimum Gasteiger partial charge on any atom is -0.494 e. The van der Waals surface area contributed by atoms with Crippen molar-refractivity contribution < 1.29 is 4.74 Å². The van der Waals surface area contributed by atoms with Gasteiger partial charge in [0.05, 0.1) is 41.8 Å². The fourth-order valence-corrected chi connectivity index (χ4v) is 4.30. The molecule has 0 spiro atoms. The van der Waals surface area contributed by atoms with Crippen molar-refractivity contribution in [3.8, 4) is 11.8 Å². The van der Waals surface area contributed by atoms with Crippen LogP contribution in [0, 0.1) is 17.2 Å². The molecule has 2 aliphatic rings. The van der Waals surface area contributed by atoms with E-state index in [9.17, 15) is 0 Å². The normalized spacial score (nSPS) is 22.0. The smallest absolute Gasteiger partial charge is 0.225 e. The van der Waals surface area contributed by atoms with Gasteiger partial charge >= 0.3 is 0 Å². The van der Waals surface area contributed by atoms with Crippen LogP contribution in [-0.4, -0.2) is 42.8 Å². The molecule has 2 saturated heterocycles. The number of aromatic nitrogens is 2. The maximum absolute atomic E-state index is 9.05. The standard InChI is InChI=1S/C19H20ClN5O/c1-26-15-10-22-19(23-11-15)24-6-4-14-5-7-25(18(14)12-24)17-3-2-13(9-21)8-16(17)20/h2-3,8,10-11,14,18H,4-7,12H2,1H3. The summed E-state index contributed by atoms with van der Waals surface area (Å²) in [6.07, 6.45) is 5.69. The lowest BCUT2D eigenvalue weighted by atomic mass is 9.92. The van der Waals surface area contributed by atoms with Crippen LogP contribution in [0.1, 0.15) is 18.4 Å². The van der Waals surface area contributed by atoms with Crippen molar-refractivity contribution in [2.45, 2.75) is 18.9 Å². The molecule has 2 fully saturated rings. The molecule has 0 saturated carbocycles. The van der Waals surface area contributed by atoms with Crippen LogP contribution < -0.4 is 14.5 Å². The summed E-state index contributed by atoms with van der Waals surface area (Å²) in [5.41, 5.74) is 1.60. The highest BCUT2D eigenvalue weighted by Crippen LogP contribution is 2.39. The molecule has 7 heteroatoms. The summed E-state index contributed by atoms with van der Waals surface area (Å²) < 4.78 is 5.14. The van der Waals surface area contributed by atoms with Crippen molar-refractivity contribution in [2.24, 2.45) is 5.92 Å². The van der Waals surface area contributed by atoms with Gasteiger partial charge in [0.1, 0.15) is 0 Å². The Morgan fingerprint density at radius 1 is 1.23 bits per heavy atom. The first kappa shape index (κ1) is 16.9. The highest BCUT2D eigenvalue weighted by atomic mass is 35.5. The topological polar surface area (TPSA) is 65.3 Å².